The summed E-state index contributed by atoms with van der Waals surface area (Å²) in [5.41, 5.74) is 0. The van der Waals surface area contributed by atoms with Crippen LogP contribution in [0, 0.1) is 0 Å². The Labute approximate surface area is 49.0 Å². The Bertz CT molecular complexity index is 111. The molecule has 6 heavy (non-hydrogen) atoms. The molecular formula is C4H3MnS. The standard InChI is InChI=1S/C4H3S.Mn/c1-2-4-5-3-1;/h1-3H;. The predicted molar refractivity (Wildman–Crippen MR) is 24.0 cm³/mol. The Kier molecular flexibility index (Phi) is 1.30. The molecule has 0 fully saturated rings. The quantitative estimate of drug-likeness (QED) is 0.467. The van der Waals surface area contributed by atoms with E-state index in [4.69, 9.17) is 0 Å². The number of rotatable bonds is 0. The molecule has 0 saturated carbocycles. The first-order chi connectivity index (χ1) is 2.89. The predicted octanol–water partition coefficient (Wildman–Crippen LogP) is 0.920. The Morgan fingerprint density at radius 1 is 1.67 bits per heavy atom. The van der Waals surface area contributed by atoms with E-state index in [1.165, 1.54) is 3.78 Å². The van der Waals surface area contributed by atoms with Crippen LogP contribution >= 0.6 is 11.3 Å². The summed E-state index contributed by atoms with van der Waals surface area (Å²) >= 11 is 4.99. The van der Waals surface area contributed by atoms with E-state index in [0.29, 0.717) is 0 Å². The van der Waals surface area contributed by atoms with Gasteiger partial charge in [-0.05, 0) is 0 Å². The monoisotopic (exact) mass is 138 g/mol. The summed E-state index contributed by atoms with van der Waals surface area (Å²) in [6.07, 6.45) is 0. The van der Waals surface area contributed by atoms with Gasteiger partial charge in [0.2, 0.25) is 0 Å². The van der Waals surface area contributed by atoms with Gasteiger partial charge in [-0.2, -0.15) is 0 Å². The Morgan fingerprint density at radius 2 is 2.50 bits per heavy atom. The molecule has 0 unspecified atom stereocenters. The van der Waals surface area contributed by atoms with Gasteiger partial charge in [0.05, 0.1) is 0 Å². The molecular weight excluding hydrogens is 135 g/mol. The van der Waals surface area contributed by atoms with E-state index < -0.39 is 0 Å². The number of hydrogen-bond donors (Lipinski definition) is 0. The van der Waals surface area contributed by atoms with Crippen molar-refractivity contribution < 1.29 is 16.0 Å². The van der Waals surface area contributed by atoms with E-state index in [1.54, 1.807) is 11.3 Å². The van der Waals surface area contributed by atoms with Crippen molar-refractivity contribution in [3.8, 4) is 0 Å². The van der Waals surface area contributed by atoms with Gasteiger partial charge in [-0.25, -0.2) is 0 Å². The van der Waals surface area contributed by atoms with Crippen molar-refractivity contribution in [3.63, 3.8) is 0 Å². The summed E-state index contributed by atoms with van der Waals surface area (Å²) in [7, 11) is 0. The normalized spacial score (nSPS) is 8.83. The van der Waals surface area contributed by atoms with Crippen LogP contribution in [0.4, 0.5) is 0 Å². The van der Waals surface area contributed by atoms with Gasteiger partial charge in [0, 0.05) is 0 Å². The summed E-state index contributed by atoms with van der Waals surface area (Å²) in [4.78, 5) is 0. The summed E-state index contributed by atoms with van der Waals surface area (Å²) in [5.74, 6) is 0. The van der Waals surface area contributed by atoms with Crippen LogP contribution in [0.2, 0.25) is 0 Å². The van der Waals surface area contributed by atoms with Crippen LogP contribution in [-0.4, -0.2) is 0 Å². The Hall–Kier alpha value is 0.219. The van der Waals surface area contributed by atoms with E-state index >= 15 is 0 Å². The van der Waals surface area contributed by atoms with Crippen LogP contribution < -0.4 is 3.78 Å². The van der Waals surface area contributed by atoms with Crippen molar-refractivity contribution in [1.82, 2.24) is 0 Å². The zero-order chi connectivity index (χ0) is 4.41. The third-order valence-electron chi connectivity index (χ3n) is 0.486. The summed E-state index contributed by atoms with van der Waals surface area (Å²) in [6, 6.07) is 4.03. The van der Waals surface area contributed by atoms with Crippen LogP contribution in [0.5, 0.6) is 0 Å². The second-order valence-electron chi connectivity index (χ2n) is 0.917. The molecule has 1 aromatic heterocycles. The van der Waals surface area contributed by atoms with Crippen molar-refractivity contribution in [2.45, 2.75) is 0 Å². The minimum atomic E-state index is 1.20. The fourth-order valence-electron chi connectivity index (χ4n) is 0.259. The molecule has 0 amide bonds. The van der Waals surface area contributed by atoms with Crippen LogP contribution in [0.25, 0.3) is 0 Å². The Morgan fingerprint density at radius 3 is 2.67 bits per heavy atom. The van der Waals surface area contributed by atoms with Crippen molar-refractivity contribution >= 4 is 15.1 Å². The fraction of sp³-hybridized carbons (Fsp3) is 0. The first kappa shape index (κ1) is 4.38. The van der Waals surface area contributed by atoms with Crippen LogP contribution in [0.3, 0.4) is 0 Å². The van der Waals surface area contributed by atoms with Crippen LogP contribution in [-0.2, 0) is 16.0 Å². The molecule has 0 spiro atoms. The van der Waals surface area contributed by atoms with E-state index in [2.05, 4.69) is 16.0 Å². The van der Waals surface area contributed by atoms with Gasteiger partial charge >= 0.3 is 48.6 Å². The topological polar surface area (TPSA) is 0 Å². The average molecular weight is 138 g/mol. The van der Waals surface area contributed by atoms with E-state index in [-0.39, 0.29) is 0 Å². The van der Waals surface area contributed by atoms with Crippen molar-refractivity contribution in [2.24, 2.45) is 0 Å². The fourth-order valence-corrected chi connectivity index (χ4v) is 1.06. The zero-order valence-electron chi connectivity index (χ0n) is 3.02. The third-order valence-corrected chi connectivity index (χ3v) is 1.76. The molecule has 0 nitrogen and oxygen atoms in total. The molecule has 0 aromatic carbocycles. The molecule has 0 N–H and O–H groups in total. The van der Waals surface area contributed by atoms with E-state index in [9.17, 15) is 0 Å². The van der Waals surface area contributed by atoms with E-state index in [1.807, 2.05) is 17.5 Å². The van der Waals surface area contributed by atoms with Gasteiger partial charge in [0.15, 0.2) is 0 Å². The second kappa shape index (κ2) is 1.78. The molecule has 0 aliphatic rings. The number of hydrogen-bond acceptors (Lipinski definition) is 1. The average Bonchev–Trinajstić information content (AvgIpc) is 1.86. The number of thiophene rings is 1. The van der Waals surface area contributed by atoms with Gasteiger partial charge < -0.3 is 0 Å². The van der Waals surface area contributed by atoms with Crippen molar-refractivity contribution in [2.75, 3.05) is 0 Å². The molecule has 0 radical (unpaired) electrons. The zero-order valence-corrected chi connectivity index (χ0v) is 5.02. The molecule has 32 valence electrons. The molecule has 0 aliphatic heterocycles. The summed E-state index contributed by atoms with van der Waals surface area (Å²) in [5, 5.41) is 2.03. The van der Waals surface area contributed by atoms with Gasteiger partial charge in [-0.1, -0.05) is 0 Å². The van der Waals surface area contributed by atoms with Gasteiger partial charge in [-0.3, -0.25) is 0 Å². The molecule has 2 heteroatoms. The minimum absolute atomic E-state index is 1.20. The molecule has 1 heterocycles. The molecule has 1 rings (SSSR count). The van der Waals surface area contributed by atoms with Crippen molar-refractivity contribution in [1.29, 1.82) is 0 Å². The van der Waals surface area contributed by atoms with Gasteiger partial charge in [-0.15, -0.1) is 0 Å². The molecule has 0 aliphatic carbocycles. The molecule has 0 bridgehead atoms. The van der Waals surface area contributed by atoms with Gasteiger partial charge in [0.25, 0.3) is 0 Å². The summed E-state index contributed by atoms with van der Waals surface area (Å²) in [6.45, 7) is 0. The second-order valence-corrected chi connectivity index (χ2v) is 2.88. The maximum absolute atomic E-state index is 3.30. The van der Waals surface area contributed by atoms with Crippen molar-refractivity contribution in [3.05, 3.63) is 17.5 Å². The molecule has 0 saturated heterocycles. The van der Waals surface area contributed by atoms with Crippen LogP contribution in [0.15, 0.2) is 17.5 Å². The molecule has 1 aromatic rings. The maximum atomic E-state index is 3.30. The van der Waals surface area contributed by atoms with E-state index in [0.717, 1.165) is 0 Å². The van der Waals surface area contributed by atoms with Crippen LogP contribution in [0.1, 0.15) is 0 Å². The first-order valence-electron chi connectivity index (χ1n) is 1.58. The SMILES string of the molecule is [Mn][c]1cccs1. The first-order valence-corrected chi connectivity index (χ1v) is 3.05. The third kappa shape index (κ3) is 0.839. The molecule has 0 atom stereocenters. The summed E-state index contributed by atoms with van der Waals surface area (Å²) < 4.78 is 1.20. The van der Waals surface area contributed by atoms with Gasteiger partial charge in [0.1, 0.15) is 0 Å². The Balaban J connectivity index is 3.05.